The van der Waals surface area contributed by atoms with Gasteiger partial charge in [0.15, 0.2) is 0 Å². The molecule has 2 rings (SSSR count). The summed E-state index contributed by atoms with van der Waals surface area (Å²) >= 11 is 0. The fourth-order valence-electron chi connectivity index (χ4n) is 1.82. The molecule has 0 radical (unpaired) electrons. The van der Waals surface area contributed by atoms with Gasteiger partial charge in [-0.25, -0.2) is 14.8 Å². The summed E-state index contributed by atoms with van der Waals surface area (Å²) < 4.78 is 0. The Labute approximate surface area is 124 Å². The number of anilines is 1. The molecule has 2 aromatic rings. The van der Waals surface area contributed by atoms with Crippen LogP contribution in [0.1, 0.15) is 24.2 Å². The van der Waals surface area contributed by atoms with Gasteiger partial charge in [0.2, 0.25) is 0 Å². The fourth-order valence-corrected chi connectivity index (χ4v) is 1.82. The zero-order chi connectivity index (χ0) is 15.1. The van der Waals surface area contributed by atoms with Crippen LogP contribution in [0.2, 0.25) is 0 Å². The standard InChI is InChI=1S/C15H19N5O/c1-11(16-2)12-4-3-5-13(8-12)20-15(21)18-9-14-6-7-17-10-19-14/h3-8,10-11,16H,9H2,1-2H3,(H2,18,20,21). The fraction of sp³-hybridized carbons (Fsp3) is 0.267. The summed E-state index contributed by atoms with van der Waals surface area (Å²) in [5, 5.41) is 8.73. The van der Waals surface area contributed by atoms with Crippen LogP contribution in [0.25, 0.3) is 0 Å². The Hall–Kier alpha value is -2.47. The highest BCUT2D eigenvalue weighted by Gasteiger charge is 2.06. The summed E-state index contributed by atoms with van der Waals surface area (Å²) in [6, 6.07) is 9.48. The molecule has 6 nitrogen and oxygen atoms in total. The van der Waals surface area contributed by atoms with Crippen LogP contribution in [-0.2, 0) is 6.54 Å². The molecule has 1 unspecified atom stereocenters. The molecule has 0 fully saturated rings. The maximum Gasteiger partial charge on any atom is 0.319 e. The number of carbonyl (C=O) groups is 1. The van der Waals surface area contributed by atoms with Gasteiger partial charge in [-0.05, 0) is 37.7 Å². The molecule has 1 atom stereocenters. The average Bonchev–Trinajstić information content (AvgIpc) is 2.53. The lowest BCUT2D eigenvalue weighted by Crippen LogP contribution is -2.28. The van der Waals surface area contributed by atoms with Crippen molar-refractivity contribution in [2.24, 2.45) is 0 Å². The van der Waals surface area contributed by atoms with Crippen LogP contribution >= 0.6 is 0 Å². The molecule has 0 aliphatic carbocycles. The van der Waals surface area contributed by atoms with E-state index < -0.39 is 0 Å². The molecule has 1 aromatic carbocycles. The van der Waals surface area contributed by atoms with Crippen molar-refractivity contribution >= 4 is 11.7 Å². The second-order valence-corrected chi connectivity index (χ2v) is 4.64. The second-order valence-electron chi connectivity index (χ2n) is 4.64. The summed E-state index contributed by atoms with van der Waals surface area (Å²) in [5.74, 6) is 0. The van der Waals surface area contributed by atoms with Crippen LogP contribution in [0, 0.1) is 0 Å². The van der Waals surface area contributed by atoms with E-state index in [1.807, 2.05) is 31.3 Å². The average molecular weight is 285 g/mol. The predicted octanol–water partition coefficient (Wildman–Crippen LogP) is 2.08. The van der Waals surface area contributed by atoms with Crippen LogP contribution in [0.15, 0.2) is 42.9 Å². The number of rotatable bonds is 5. The van der Waals surface area contributed by atoms with Crippen LogP contribution in [0.5, 0.6) is 0 Å². The number of carbonyl (C=O) groups excluding carboxylic acids is 1. The Morgan fingerprint density at radius 2 is 2.19 bits per heavy atom. The Morgan fingerprint density at radius 3 is 2.90 bits per heavy atom. The molecule has 0 bridgehead atoms. The summed E-state index contributed by atoms with van der Waals surface area (Å²) in [6.45, 7) is 2.43. The van der Waals surface area contributed by atoms with Crippen LogP contribution < -0.4 is 16.0 Å². The van der Waals surface area contributed by atoms with E-state index in [1.165, 1.54) is 6.33 Å². The lowest BCUT2D eigenvalue weighted by atomic mass is 10.1. The maximum absolute atomic E-state index is 11.9. The van der Waals surface area contributed by atoms with Crippen LogP contribution in [0.3, 0.4) is 0 Å². The molecule has 0 spiro atoms. The van der Waals surface area contributed by atoms with Gasteiger partial charge in [-0.3, -0.25) is 0 Å². The van der Waals surface area contributed by atoms with Crippen molar-refractivity contribution in [2.75, 3.05) is 12.4 Å². The normalized spacial score (nSPS) is 11.7. The van der Waals surface area contributed by atoms with Gasteiger partial charge in [0, 0.05) is 17.9 Å². The van der Waals surface area contributed by atoms with Crippen molar-refractivity contribution in [3.63, 3.8) is 0 Å². The number of urea groups is 1. The molecular formula is C15H19N5O. The monoisotopic (exact) mass is 285 g/mol. The molecule has 3 N–H and O–H groups in total. The summed E-state index contributed by atoms with van der Waals surface area (Å²) in [5.41, 5.74) is 2.64. The van der Waals surface area contributed by atoms with E-state index in [0.717, 1.165) is 16.9 Å². The minimum absolute atomic E-state index is 0.232. The van der Waals surface area contributed by atoms with E-state index in [4.69, 9.17) is 0 Å². The topological polar surface area (TPSA) is 78.9 Å². The molecule has 2 amide bonds. The molecular weight excluding hydrogens is 266 g/mol. The molecule has 0 saturated carbocycles. The van der Waals surface area contributed by atoms with Gasteiger partial charge in [-0.2, -0.15) is 0 Å². The highest BCUT2D eigenvalue weighted by atomic mass is 16.2. The third kappa shape index (κ3) is 4.54. The summed E-state index contributed by atoms with van der Waals surface area (Å²) in [7, 11) is 1.90. The zero-order valence-corrected chi connectivity index (χ0v) is 12.1. The van der Waals surface area contributed by atoms with E-state index in [2.05, 4.69) is 32.8 Å². The number of amides is 2. The van der Waals surface area contributed by atoms with Gasteiger partial charge < -0.3 is 16.0 Å². The lowest BCUT2D eigenvalue weighted by molar-refractivity contribution is 0.251. The molecule has 6 heteroatoms. The highest BCUT2D eigenvalue weighted by Crippen LogP contribution is 2.16. The number of benzene rings is 1. The second kappa shape index (κ2) is 7.35. The third-order valence-electron chi connectivity index (χ3n) is 3.15. The van der Waals surface area contributed by atoms with Crippen molar-refractivity contribution < 1.29 is 4.79 Å². The largest absolute Gasteiger partial charge is 0.332 e. The molecule has 0 aliphatic heterocycles. The Bertz CT molecular complexity index is 588. The minimum Gasteiger partial charge on any atom is -0.332 e. The number of hydrogen-bond donors (Lipinski definition) is 3. The number of hydrogen-bond acceptors (Lipinski definition) is 4. The summed E-state index contributed by atoms with van der Waals surface area (Å²) in [4.78, 5) is 19.7. The van der Waals surface area contributed by atoms with Gasteiger partial charge in [0.1, 0.15) is 6.33 Å². The smallest absolute Gasteiger partial charge is 0.319 e. The first kappa shape index (κ1) is 14.9. The molecule has 0 saturated heterocycles. The van der Waals surface area contributed by atoms with E-state index >= 15 is 0 Å². The van der Waals surface area contributed by atoms with E-state index in [1.54, 1.807) is 12.3 Å². The zero-order valence-electron chi connectivity index (χ0n) is 12.1. The Morgan fingerprint density at radius 1 is 1.33 bits per heavy atom. The van der Waals surface area contributed by atoms with E-state index in [-0.39, 0.29) is 12.1 Å². The van der Waals surface area contributed by atoms with Gasteiger partial charge >= 0.3 is 6.03 Å². The van der Waals surface area contributed by atoms with Crippen LogP contribution in [-0.4, -0.2) is 23.0 Å². The van der Waals surface area contributed by atoms with Crippen molar-refractivity contribution in [3.05, 3.63) is 54.1 Å². The highest BCUT2D eigenvalue weighted by molar-refractivity contribution is 5.89. The van der Waals surface area contributed by atoms with Crippen molar-refractivity contribution in [1.82, 2.24) is 20.6 Å². The number of nitrogens with one attached hydrogen (secondary N) is 3. The molecule has 1 heterocycles. The Balaban J connectivity index is 1.90. The first-order valence-electron chi connectivity index (χ1n) is 6.76. The minimum atomic E-state index is -0.261. The molecule has 110 valence electrons. The molecule has 1 aromatic heterocycles. The maximum atomic E-state index is 11.9. The first-order chi connectivity index (χ1) is 10.2. The lowest BCUT2D eigenvalue weighted by Gasteiger charge is -2.13. The first-order valence-corrected chi connectivity index (χ1v) is 6.76. The molecule has 21 heavy (non-hydrogen) atoms. The summed E-state index contributed by atoms with van der Waals surface area (Å²) in [6.07, 6.45) is 3.10. The van der Waals surface area contributed by atoms with Gasteiger partial charge in [-0.15, -0.1) is 0 Å². The van der Waals surface area contributed by atoms with Crippen LogP contribution in [0.4, 0.5) is 10.5 Å². The van der Waals surface area contributed by atoms with Gasteiger partial charge in [-0.1, -0.05) is 12.1 Å². The molecule has 0 aliphatic rings. The Kier molecular flexibility index (Phi) is 5.22. The van der Waals surface area contributed by atoms with Crippen molar-refractivity contribution in [3.8, 4) is 0 Å². The van der Waals surface area contributed by atoms with Gasteiger partial charge in [0.05, 0.1) is 12.2 Å². The van der Waals surface area contributed by atoms with E-state index in [9.17, 15) is 4.79 Å². The quantitative estimate of drug-likeness (QED) is 0.786. The number of aromatic nitrogens is 2. The SMILES string of the molecule is CNC(C)c1cccc(NC(=O)NCc2ccncn2)c1. The number of nitrogens with zero attached hydrogens (tertiary/aromatic N) is 2. The van der Waals surface area contributed by atoms with Crippen molar-refractivity contribution in [2.45, 2.75) is 19.5 Å². The third-order valence-corrected chi connectivity index (χ3v) is 3.15. The van der Waals surface area contributed by atoms with Gasteiger partial charge in [0.25, 0.3) is 0 Å². The van der Waals surface area contributed by atoms with Crippen molar-refractivity contribution in [1.29, 1.82) is 0 Å². The predicted molar refractivity (Wildman–Crippen MR) is 81.8 cm³/mol. The van der Waals surface area contributed by atoms with E-state index in [0.29, 0.717) is 6.54 Å².